The number of anilines is 1. The van der Waals surface area contributed by atoms with Gasteiger partial charge in [0.2, 0.25) is 0 Å². The van der Waals surface area contributed by atoms with Gasteiger partial charge >= 0.3 is 13.7 Å². The maximum atomic E-state index is 14.1. The molecule has 5 rings (SSSR count). The van der Waals surface area contributed by atoms with E-state index in [0.717, 1.165) is 30.5 Å². The van der Waals surface area contributed by atoms with Gasteiger partial charge in [0, 0.05) is 31.7 Å². The normalized spacial score (nSPS) is 24.3. The number of halogens is 1. The van der Waals surface area contributed by atoms with Crippen molar-refractivity contribution in [1.29, 1.82) is 0 Å². The number of fused-ring (bicyclic) bond motifs is 1. The fourth-order valence-corrected chi connectivity index (χ4v) is 6.80. The van der Waals surface area contributed by atoms with Crippen LogP contribution in [0, 0.1) is 0 Å². The number of aliphatic hydroxyl groups is 1. The highest BCUT2D eigenvalue weighted by atomic mass is 35.5. The number of ether oxygens (including phenoxy) is 2. The van der Waals surface area contributed by atoms with Crippen LogP contribution in [0.4, 0.5) is 5.82 Å². The summed E-state index contributed by atoms with van der Waals surface area (Å²) in [6, 6.07) is 8.15. The Hall–Kier alpha value is -2.73. The minimum atomic E-state index is -4.18. The Morgan fingerprint density at radius 2 is 1.98 bits per heavy atom. The van der Waals surface area contributed by atoms with E-state index in [1.54, 1.807) is 55.8 Å². The fourth-order valence-electron chi connectivity index (χ4n) is 4.98. The van der Waals surface area contributed by atoms with Crippen LogP contribution in [0.3, 0.4) is 0 Å². The van der Waals surface area contributed by atoms with E-state index >= 15 is 0 Å². The number of aromatic nitrogens is 3. The summed E-state index contributed by atoms with van der Waals surface area (Å²) >= 11 is 6.00. The van der Waals surface area contributed by atoms with Crippen molar-refractivity contribution in [2.24, 2.45) is 0 Å². The highest BCUT2D eigenvalue weighted by molar-refractivity contribution is 7.52. The summed E-state index contributed by atoms with van der Waals surface area (Å²) in [5.74, 6) is 0.404. The van der Waals surface area contributed by atoms with Crippen molar-refractivity contribution >= 4 is 42.2 Å². The number of nitrogens with one attached hydrogen (secondary N) is 1. The number of benzene rings is 1. The highest BCUT2D eigenvalue weighted by Crippen LogP contribution is 2.48. The van der Waals surface area contributed by atoms with Crippen LogP contribution in [0.1, 0.15) is 52.7 Å². The molecule has 42 heavy (non-hydrogen) atoms. The van der Waals surface area contributed by atoms with Gasteiger partial charge in [-0.25, -0.2) is 14.5 Å². The molecule has 1 aliphatic heterocycles. The van der Waals surface area contributed by atoms with Gasteiger partial charge in [-0.3, -0.25) is 9.32 Å². The molecule has 4 atom stereocenters. The van der Waals surface area contributed by atoms with Gasteiger partial charge in [0.05, 0.1) is 18.1 Å². The van der Waals surface area contributed by atoms with E-state index in [-0.39, 0.29) is 24.9 Å². The standard InChI is InChI=1S/C28H37ClN5O7P/c1-27(2,26(35)40-19-7-6-8-19)32-42(37,41-20-11-9-18(29)10-12-20)38-16-21-15-28(3,36)25(39-21)34-14-13-22-23(33(4)5)30-17-31-24(22)34/h9-14,17,19,21,25,36H,6-8,15-16H2,1-5H3,(H,32,37)/t21?,25?,28-,42?/m1/s1. The van der Waals surface area contributed by atoms with Gasteiger partial charge in [0.25, 0.3) is 0 Å². The molecule has 2 aliphatic rings. The second-order valence-electron chi connectivity index (χ2n) is 11.8. The van der Waals surface area contributed by atoms with Crippen molar-refractivity contribution < 1.29 is 33.0 Å². The van der Waals surface area contributed by atoms with E-state index in [1.165, 1.54) is 6.33 Å². The minimum Gasteiger partial charge on any atom is -0.461 e. The van der Waals surface area contributed by atoms with Crippen molar-refractivity contribution in [1.82, 2.24) is 19.6 Å². The molecule has 1 aliphatic carbocycles. The largest absolute Gasteiger partial charge is 0.461 e. The second kappa shape index (κ2) is 11.7. The lowest BCUT2D eigenvalue weighted by Crippen LogP contribution is -2.48. The predicted octanol–water partition coefficient (Wildman–Crippen LogP) is 4.86. The fraction of sp³-hybridized carbons (Fsp3) is 0.536. The molecule has 12 nitrogen and oxygen atoms in total. The maximum absolute atomic E-state index is 14.1. The molecule has 0 spiro atoms. The summed E-state index contributed by atoms with van der Waals surface area (Å²) in [6.07, 6.45) is 4.43. The zero-order valence-electron chi connectivity index (χ0n) is 24.3. The summed E-state index contributed by atoms with van der Waals surface area (Å²) in [6.45, 7) is 4.58. The monoisotopic (exact) mass is 621 g/mol. The van der Waals surface area contributed by atoms with E-state index in [9.17, 15) is 14.5 Å². The molecule has 0 bridgehead atoms. The van der Waals surface area contributed by atoms with Crippen LogP contribution in [0.15, 0.2) is 42.9 Å². The third kappa shape index (κ3) is 6.59. The number of carbonyl (C=O) groups excluding carboxylic acids is 1. The Kier molecular flexibility index (Phi) is 8.59. The predicted molar refractivity (Wildman–Crippen MR) is 158 cm³/mol. The van der Waals surface area contributed by atoms with E-state index in [1.807, 2.05) is 25.1 Å². The Morgan fingerprint density at radius 3 is 2.62 bits per heavy atom. The average molecular weight is 622 g/mol. The Labute approximate surface area is 249 Å². The average Bonchev–Trinajstić information content (AvgIpc) is 3.45. The van der Waals surface area contributed by atoms with Crippen LogP contribution in [0.5, 0.6) is 5.75 Å². The molecule has 14 heteroatoms. The molecule has 3 heterocycles. The lowest BCUT2D eigenvalue weighted by Gasteiger charge is -2.33. The summed E-state index contributed by atoms with van der Waals surface area (Å²) in [4.78, 5) is 23.6. The molecule has 1 saturated carbocycles. The summed E-state index contributed by atoms with van der Waals surface area (Å²) in [7, 11) is -0.404. The van der Waals surface area contributed by atoms with Crippen LogP contribution in [0.25, 0.3) is 11.0 Å². The minimum absolute atomic E-state index is 0.147. The molecular weight excluding hydrogens is 585 g/mol. The van der Waals surface area contributed by atoms with Crippen LogP contribution in [-0.4, -0.2) is 69.7 Å². The smallest absolute Gasteiger partial charge is 0.459 e. The van der Waals surface area contributed by atoms with Crippen LogP contribution in [-0.2, 0) is 23.4 Å². The molecule has 228 valence electrons. The Bertz CT molecular complexity index is 1480. The third-order valence-corrected chi connectivity index (χ3v) is 9.41. The third-order valence-electron chi connectivity index (χ3n) is 7.38. The quantitative estimate of drug-likeness (QED) is 0.224. The first-order valence-electron chi connectivity index (χ1n) is 13.8. The number of carbonyl (C=O) groups is 1. The SMILES string of the molecule is CN(C)c1ncnc2c1ccn2C1OC(COP(=O)(NC(C)(C)C(=O)OC2CCC2)Oc2ccc(Cl)cc2)C[C@@]1(C)O. The van der Waals surface area contributed by atoms with Crippen LogP contribution >= 0.6 is 19.3 Å². The van der Waals surface area contributed by atoms with E-state index < -0.39 is 37.2 Å². The van der Waals surface area contributed by atoms with Crippen molar-refractivity contribution in [2.45, 2.75) is 76.0 Å². The number of esters is 1. The van der Waals surface area contributed by atoms with E-state index in [0.29, 0.717) is 10.7 Å². The first-order chi connectivity index (χ1) is 19.8. The molecule has 2 N–H and O–H groups in total. The molecule has 0 radical (unpaired) electrons. The molecule has 3 aromatic rings. The maximum Gasteiger partial charge on any atom is 0.459 e. The second-order valence-corrected chi connectivity index (χ2v) is 13.9. The number of nitrogens with zero attached hydrogens (tertiary/aromatic N) is 4. The molecule has 1 aromatic carbocycles. The number of hydrogen-bond donors (Lipinski definition) is 2. The topological polar surface area (TPSA) is 137 Å². The van der Waals surface area contributed by atoms with Gasteiger partial charge in [-0.05, 0) is 70.4 Å². The van der Waals surface area contributed by atoms with Gasteiger partial charge in [-0.1, -0.05) is 11.6 Å². The van der Waals surface area contributed by atoms with Crippen molar-refractivity contribution in [3.8, 4) is 5.75 Å². The van der Waals surface area contributed by atoms with Gasteiger partial charge in [-0.2, -0.15) is 5.09 Å². The number of hydrogen-bond acceptors (Lipinski definition) is 10. The van der Waals surface area contributed by atoms with Crippen molar-refractivity contribution in [3.05, 3.63) is 47.9 Å². The van der Waals surface area contributed by atoms with Crippen LogP contribution in [0.2, 0.25) is 5.02 Å². The lowest BCUT2D eigenvalue weighted by atomic mass is 9.96. The van der Waals surface area contributed by atoms with Crippen molar-refractivity contribution in [3.63, 3.8) is 0 Å². The summed E-state index contributed by atoms with van der Waals surface area (Å²) in [5.41, 5.74) is -2.09. The number of rotatable bonds is 11. The van der Waals surface area contributed by atoms with Gasteiger partial charge in [0.15, 0.2) is 6.23 Å². The molecule has 3 unspecified atom stereocenters. The Balaban J connectivity index is 1.33. The molecule has 1 saturated heterocycles. The molecule has 2 fully saturated rings. The van der Waals surface area contributed by atoms with E-state index in [4.69, 9.17) is 30.1 Å². The molecule has 2 aromatic heterocycles. The lowest BCUT2D eigenvalue weighted by molar-refractivity contribution is -0.159. The van der Waals surface area contributed by atoms with Crippen molar-refractivity contribution in [2.75, 3.05) is 25.6 Å². The zero-order chi connectivity index (χ0) is 30.3. The van der Waals surface area contributed by atoms with Gasteiger partial charge < -0.3 is 28.6 Å². The summed E-state index contributed by atoms with van der Waals surface area (Å²) in [5, 5.41) is 15.4. The molecule has 0 amide bonds. The first-order valence-corrected chi connectivity index (χ1v) is 15.8. The zero-order valence-corrected chi connectivity index (χ0v) is 26.0. The Morgan fingerprint density at radius 1 is 1.26 bits per heavy atom. The summed E-state index contributed by atoms with van der Waals surface area (Å²) < 4.78 is 39.4. The molecular formula is C28H37ClN5O7P. The first kappa shape index (κ1) is 30.7. The highest BCUT2D eigenvalue weighted by Gasteiger charge is 2.47. The van der Waals surface area contributed by atoms with Gasteiger partial charge in [-0.15, -0.1) is 0 Å². The van der Waals surface area contributed by atoms with Gasteiger partial charge in [0.1, 0.15) is 40.8 Å². The van der Waals surface area contributed by atoms with Crippen LogP contribution < -0.4 is 14.5 Å². The van der Waals surface area contributed by atoms with E-state index in [2.05, 4.69) is 15.1 Å².